The summed E-state index contributed by atoms with van der Waals surface area (Å²) in [5.74, 6) is 0. The average Bonchev–Trinajstić information content (AvgIpc) is 3.15. The first-order valence-electron chi connectivity index (χ1n) is 7.89. The van der Waals surface area contributed by atoms with Crippen molar-refractivity contribution in [3.8, 4) is 5.69 Å². The second-order valence-corrected chi connectivity index (χ2v) is 5.68. The smallest absolute Gasteiger partial charge is 0.0647 e. The van der Waals surface area contributed by atoms with Gasteiger partial charge < -0.3 is 10.2 Å². The number of hydrogen-bond donors (Lipinski definition) is 1. The molecular weight excluding hydrogens is 260 g/mol. The van der Waals surface area contributed by atoms with Crippen molar-refractivity contribution in [3.63, 3.8) is 0 Å². The molecule has 0 amide bonds. The first-order valence-corrected chi connectivity index (χ1v) is 7.89. The Balaban J connectivity index is 1.77. The summed E-state index contributed by atoms with van der Waals surface area (Å²) in [6.45, 7) is 8.43. The van der Waals surface area contributed by atoms with E-state index in [-0.39, 0.29) is 0 Å². The fourth-order valence-corrected chi connectivity index (χ4v) is 2.85. The van der Waals surface area contributed by atoms with Crippen molar-refractivity contribution in [1.82, 2.24) is 15.1 Å². The molecule has 1 aliphatic heterocycles. The summed E-state index contributed by atoms with van der Waals surface area (Å²) < 4.78 is 1.98. The van der Waals surface area contributed by atoms with Crippen molar-refractivity contribution < 1.29 is 0 Å². The highest BCUT2D eigenvalue weighted by molar-refractivity contribution is 5.51. The largest absolute Gasteiger partial charge is 0.372 e. The topological polar surface area (TPSA) is 33.1 Å². The SMILES string of the molecule is CCNCc1cn(-c2ccc(N3CCCC3)cc2)nc1C. The van der Waals surface area contributed by atoms with Crippen LogP contribution in [0.2, 0.25) is 0 Å². The molecule has 4 nitrogen and oxygen atoms in total. The molecular formula is C17H24N4. The van der Waals surface area contributed by atoms with Crippen molar-refractivity contribution in [2.24, 2.45) is 0 Å². The molecule has 1 aliphatic rings. The van der Waals surface area contributed by atoms with Gasteiger partial charge in [-0.05, 0) is 50.6 Å². The molecule has 0 atom stereocenters. The van der Waals surface area contributed by atoms with Crippen LogP contribution in [-0.2, 0) is 6.54 Å². The highest BCUT2D eigenvalue weighted by Gasteiger charge is 2.12. The van der Waals surface area contributed by atoms with E-state index < -0.39 is 0 Å². The summed E-state index contributed by atoms with van der Waals surface area (Å²) >= 11 is 0. The number of anilines is 1. The lowest BCUT2D eigenvalue weighted by Crippen LogP contribution is -2.17. The molecule has 1 N–H and O–H groups in total. The van der Waals surface area contributed by atoms with Crippen molar-refractivity contribution in [2.45, 2.75) is 33.2 Å². The lowest BCUT2D eigenvalue weighted by molar-refractivity contribution is 0.723. The highest BCUT2D eigenvalue weighted by atomic mass is 15.3. The fourth-order valence-electron chi connectivity index (χ4n) is 2.85. The van der Waals surface area contributed by atoms with E-state index in [9.17, 15) is 0 Å². The first kappa shape index (κ1) is 14.1. The third-order valence-corrected chi connectivity index (χ3v) is 4.15. The van der Waals surface area contributed by atoms with Crippen LogP contribution < -0.4 is 10.2 Å². The number of aromatic nitrogens is 2. The Kier molecular flexibility index (Phi) is 4.25. The van der Waals surface area contributed by atoms with Crippen molar-refractivity contribution in [1.29, 1.82) is 0 Å². The lowest BCUT2D eigenvalue weighted by atomic mass is 10.2. The van der Waals surface area contributed by atoms with E-state index in [2.05, 4.69) is 59.6 Å². The number of nitrogens with zero attached hydrogens (tertiary/aromatic N) is 3. The van der Waals surface area contributed by atoms with E-state index in [0.717, 1.165) is 24.5 Å². The van der Waals surface area contributed by atoms with Crippen LogP contribution in [0.1, 0.15) is 31.0 Å². The van der Waals surface area contributed by atoms with E-state index in [1.165, 1.54) is 37.2 Å². The molecule has 2 heterocycles. The zero-order valence-electron chi connectivity index (χ0n) is 13.0. The second-order valence-electron chi connectivity index (χ2n) is 5.68. The molecule has 0 spiro atoms. The van der Waals surface area contributed by atoms with E-state index in [1.807, 2.05) is 4.68 Å². The molecule has 1 fully saturated rings. The van der Waals surface area contributed by atoms with Gasteiger partial charge in [0, 0.05) is 37.1 Å². The summed E-state index contributed by atoms with van der Waals surface area (Å²) in [6, 6.07) is 8.75. The van der Waals surface area contributed by atoms with E-state index in [4.69, 9.17) is 0 Å². The van der Waals surface area contributed by atoms with Gasteiger partial charge in [-0.15, -0.1) is 0 Å². The molecule has 2 aromatic rings. The summed E-state index contributed by atoms with van der Waals surface area (Å²) in [5, 5.41) is 7.98. The van der Waals surface area contributed by atoms with E-state index in [0.29, 0.717) is 0 Å². The zero-order valence-corrected chi connectivity index (χ0v) is 13.0. The van der Waals surface area contributed by atoms with Gasteiger partial charge >= 0.3 is 0 Å². The van der Waals surface area contributed by atoms with Crippen LogP contribution in [-0.4, -0.2) is 29.4 Å². The molecule has 1 aromatic carbocycles. The van der Waals surface area contributed by atoms with Gasteiger partial charge in [-0.2, -0.15) is 5.10 Å². The Bertz CT molecular complexity index is 579. The quantitative estimate of drug-likeness (QED) is 0.916. The summed E-state index contributed by atoms with van der Waals surface area (Å²) in [6.07, 6.45) is 4.75. The Labute approximate surface area is 126 Å². The van der Waals surface area contributed by atoms with Crippen LogP contribution in [0.15, 0.2) is 30.5 Å². The van der Waals surface area contributed by atoms with E-state index in [1.54, 1.807) is 0 Å². The summed E-state index contributed by atoms with van der Waals surface area (Å²) in [5.41, 5.74) is 4.82. The molecule has 4 heteroatoms. The van der Waals surface area contributed by atoms with Crippen LogP contribution in [0.5, 0.6) is 0 Å². The third-order valence-electron chi connectivity index (χ3n) is 4.15. The molecule has 0 unspecified atom stereocenters. The van der Waals surface area contributed by atoms with Crippen LogP contribution in [0.4, 0.5) is 5.69 Å². The molecule has 112 valence electrons. The Morgan fingerprint density at radius 3 is 2.43 bits per heavy atom. The molecule has 0 saturated carbocycles. The van der Waals surface area contributed by atoms with Crippen LogP contribution in [0, 0.1) is 6.92 Å². The van der Waals surface area contributed by atoms with Gasteiger partial charge in [0.2, 0.25) is 0 Å². The van der Waals surface area contributed by atoms with Gasteiger partial charge in [0.25, 0.3) is 0 Å². The zero-order chi connectivity index (χ0) is 14.7. The number of rotatable bonds is 5. The van der Waals surface area contributed by atoms with Crippen LogP contribution >= 0.6 is 0 Å². The monoisotopic (exact) mass is 284 g/mol. The third kappa shape index (κ3) is 3.10. The first-order chi connectivity index (χ1) is 10.3. The number of aryl methyl sites for hydroxylation is 1. The summed E-state index contributed by atoms with van der Waals surface area (Å²) in [7, 11) is 0. The minimum atomic E-state index is 0.883. The van der Waals surface area contributed by atoms with Gasteiger partial charge in [-0.3, -0.25) is 0 Å². The van der Waals surface area contributed by atoms with Gasteiger partial charge in [-0.1, -0.05) is 6.92 Å². The minimum Gasteiger partial charge on any atom is -0.372 e. The maximum Gasteiger partial charge on any atom is 0.0647 e. The predicted octanol–water partition coefficient (Wildman–Crippen LogP) is 2.89. The Morgan fingerprint density at radius 2 is 1.76 bits per heavy atom. The predicted molar refractivity (Wildman–Crippen MR) is 87.1 cm³/mol. The minimum absolute atomic E-state index is 0.883. The number of benzene rings is 1. The number of hydrogen-bond acceptors (Lipinski definition) is 3. The van der Waals surface area contributed by atoms with Crippen molar-refractivity contribution in [3.05, 3.63) is 41.7 Å². The van der Waals surface area contributed by atoms with Crippen molar-refractivity contribution >= 4 is 5.69 Å². The molecule has 0 aliphatic carbocycles. The number of nitrogens with one attached hydrogen (secondary N) is 1. The van der Waals surface area contributed by atoms with Crippen LogP contribution in [0.25, 0.3) is 5.69 Å². The maximum absolute atomic E-state index is 4.62. The lowest BCUT2D eigenvalue weighted by Gasteiger charge is -2.17. The second kappa shape index (κ2) is 6.31. The molecule has 0 radical (unpaired) electrons. The molecule has 0 bridgehead atoms. The molecule has 3 rings (SSSR count). The van der Waals surface area contributed by atoms with Gasteiger partial charge in [-0.25, -0.2) is 4.68 Å². The average molecular weight is 284 g/mol. The Hall–Kier alpha value is -1.81. The van der Waals surface area contributed by atoms with Gasteiger partial charge in [0.1, 0.15) is 0 Å². The standard InChI is InChI=1S/C17H24N4/c1-3-18-12-15-13-21(19-14(15)2)17-8-6-16(7-9-17)20-10-4-5-11-20/h6-9,13,18H,3-5,10-12H2,1-2H3. The Morgan fingerprint density at radius 1 is 1.10 bits per heavy atom. The maximum atomic E-state index is 4.62. The van der Waals surface area contributed by atoms with Gasteiger partial charge in [0.05, 0.1) is 11.4 Å². The van der Waals surface area contributed by atoms with Gasteiger partial charge in [0.15, 0.2) is 0 Å². The highest BCUT2D eigenvalue weighted by Crippen LogP contribution is 2.22. The molecule has 1 saturated heterocycles. The van der Waals surface area contributed by atoms with E-state index >= 15 is 0 Å². The fraction of sp³-hybridized carbons (Fsp3) is 0.471. The summed E-state index contributed by atoms with van der Waals surface area (Å²) in [4.78, 5) is 2.45. The molecule has 1 aromatic heterocycles. The normalized spacial score (nSPS) is 14.9. The van der Waals surface area contributed by atoms with Crippen LogP contribution in [0.3, 0.4) is 0 Å². The molecule has 21 heavy (non-hydrogen) atoms. The van der Waals surface area contributed by atoms with Crippen molar-refractivity contribution in [2.75, 3.05) is 24.5 Å².